The summed E-state index contributed by atoms with van der Waals surface area (Å²) in [7, 11) is 4.50. The Labute approximate surface area is 93.9 Å². The highest BCUT2D eigenvalue weighted by Crippen LogP contribution is 2.41. The van der Waals surface area contributed by atoms with Crippen molar-refractivity contribution in [3.63, 3.8) is 0 Å². The van der Waals surface area contributed by atoms with Crippen molar-refractivity contribution < 1.29 is 0 Å². The zero-order valence-electron chi connectivity index (χ0n) is 10.2. The molecule has 2 heteroatoms. The summed E-state index contributed by atoms with van der Waals surface area (Å²) < 4.78 is 0. The fourth-order valence-corrected chi connectivity index (χ4v) is 3.34. The minimum atomic E-state index is 0.596. The van der Waals surface area contributed by atoms with E-state index in [9.17, 15) is 0 Å². The first-order valence-electron chi connectivity index (χ1n) is 6.13. The third-order valence-electron chi connectivity index (χ3n) is 4.23. The van der Waals surface area contributed by atoms with Gasteiger partial charge in [-0.25, -0.2) is 0 Å². The van der Waals surface area contributed by atoms with Crippen molar-refractivity contribution in [2.75, 3.05) is 40.3 Å². The van der Waals surface area contributed by atoms with Crippen molar-refractivity contribution in [2.24, 2.45) is 11.3 Å². The van der Waals surface area contributed by atoms with Gasteiger partial charge in [-0.2, -0.15) is 0 Å². The van der Waals surface area contributed by atoms with E-state index in [1.54, 1.807) is 0 Å². The minimum Gasteiger partial charge on any atom is -0.306 e. The highest BCUT2D eigenvalue weighted by molar-refractivity contribution is 4.97. The third kappa shape index (κ3) is 2.43. The van der Waals surface area contributed by atoms with E-state index in [1.807, 2.05) is 0 Å². The van der Waals surface area contributed by atoms with Crippen LogP contribution in [0.1, 0.15) is 19.3 Å². The van der Waals surface area contributed by atoms with Crippen LogP contribution in [0.15, 0.2) is 12.7 Å². The number of piperidine rings is 2. The molecule has 2 aliphatic heterocycles. The molecule has 0 aromatic rings. The minimum absolute atomic E-state index is 0.596. The van der Waals surface area contributed by atoms with Gasteiger partial charge in [0.25, 0.3) is 0 Å². The fraction of sp³-hybridized carbons (Fsp3) is 0.846. The van der Waals surface area contributed by atoms with Crippen molar-refractivity contribution in [1.82, 2.24) is 9.80 Å². The van der Waals surface area contributed by atoms with Crippen LogP contribution in [0.25, 0.3) is 0 Å². The lowest BCUT2D eigenvalue weighted by molar-refractivity contribution is 0.0248. The first-order chi connectivity index (χ1) is 7.13. The van der Waals surface area contributed by atoms with Gasteiger partial charge in [0.15, 0.2) is 0 Å². The number of hydrogen-bond acceptors (Lipinski definition) is 2. The van der Waals surface area contributed by atoms with E-state index in [1.165, 1.54) is 45.4 Å². The summed E-state index contributed by atoms with van der Waals surface area (Å²) >= 11 is 0. The Balaban J connectivity index is 2.03. The zero-order valence-corrected chi connectivity index (χ0v) is 10.2. The second-order valence-electron chi connectivity index (χ2n) is 5.70. The van der Waals surface area contributed by atoms with Gasteiger partial charge in [-0.15, -0.1) is 6.58 Å². The first kappa shape index (κ1) is 11.2. The third-order valence-corrected chi connectivity index (χ3v) is 4.23. The van der Waals surface area contributed by atoms with E-state index < -0.39 is 0 Å². The van der Waals surface area contributed by atoms with Crippen LogP contribution < -0.4 is 0 Å². The van der Waals surface area contributed by atoms with E-state index in [2.05, 4.69) is 36.6 Å². The Kier molecular flexibility index (Phi) is 3.17. The molecule has 2 nitrogen and oxygen atoms in total. The van der Waals surface area contributed by atoms with Gasteiger partial charge in [0.2, 0.25) is 0 Å². The number of likely N-dealkylation sites (tertiary alicyclic amines) is 2. The standard InChI is InChI=1S/C13H24N2/c1-4-12-9-13(11-15(3)10-12)5-7-14(2)8-6-13/h4,12H,1,5-11H2,2-3H3. The Hall–Kier alpha value is -0.340. The van der Waals surface area contributed by atoms with Crippen LogP contribution in [0, 0.1) is 11.3 Å². The molecule has 0 N–H and O–H groups in total. The molecule has 1 atom stereocenters. The summed E-state index contributed by atoms with van der Waals surface area (Å²) in [5, 5.41) is 0. The molecule has 0 aromatic heterocycles. The molecule has 0 bridgehead atoms. The van der Waals surface area contributed by atoms with Crippen LogP contribution in [0.2, 0.25) is 0 Å². The van der Waals surface area contributed by atoms with Crippen molar-refractivity contribution in [2.45, 2.75) is 19.3 Å². The summed E-state index contributed by atoms with van der Waals surface area (Å²) in [6, 6.07) is 0. The van der Waals surface area contributed by atoms with Crippen molar-refractivity contribution in [1.29, 1.82) is 0 Å². The predicted octanol–water partition coefficient (Wildman–Crippen LogP) is 1.84. The van der Waals surface area contributed by atoms with E-state index in [-0.39, 0.29) is 0 Å². The van der Waals surface area contributed by atoms with E-state index >= 15 is 0 Å². The maximum atomic E-state index is 3.97. The van der Waals surface area contributed by atoms with Crippen LogP contribution >= 0.6 is 0 Å². The number of hydrogen-bond donors (Lipinski definition) is 0. The molecular weight excluding hydrogens is 184 g/mol. The monoisotopic (exact) mass is 208 g/mol. The average Bonchev–Trinajstić information content (AvgIpc) is 2.22. The van der Waals surface area contributed by atoms with Crippen molar-refractivity contribution >= 4 is 0 Å². The van der Waals surface area contributed by atoms with E-state index in [0.29, 0.717) is 11.3 Å². The lowest BCUT2D eigenvalue weighted by Gasteiger charge is -2.48. The van der Waals surface area contributed by atoms with Crippen LogP contribution in [0.3, 0.4) is 0 Å². The highest BCUT2D eigenvalue weighted by atomic mass is 15.1. The first-order valence-corrected chi connectivity index (χ1v) is 6.13. The van der Waals surface area contributed by atoms with Crippen LogP contribution in [0.4, 0.5) is 0 Å². The molecule has 0 aliphatic carbocycles. The van der Waals surface area contributed by atoms with Crippen molar-refractivity contribution in [3.8, 4) is 0 Å². The second-order valence-corrected chi connectivity index (χ2v) is 5.70. The summed E-state index contributed by atoms with van der Waals surface area (Å²) in [5.74, 6) is 0.715. The van der Waals surface area contributed by atoms with Gasteiger partial charge in [0.05, 0.1) is 0 Å². The van der Waals surface area contributed by atoms with Gasteiger partial charge in [0.1, 0.15) is 0 Å². The molecule has 1 spiro atoms. The van der Waals surface area contributed by atoms with Gasteiger partial charge in [0, 0.05) is 13.1 Å². The number of rotatable bonds is 1. The molecule has 2 heterocycles. The molecule has 0 amide bonds. The molecule has 2 fully saturated rings. The Morgan fingerprint density at radius 1 is 1.20 bits per heavy atom. The van der Waals surface area contributed by atoms with Gasteiger partial charge in [-0.3, -0.25) is 0 Å². The van der Waals surface area contributed by atoms with Crippen LogP contribution in [0.5, 0.6) is 0 Å². The van der Waals surface area contributed by atoms with E-state index in [0.717, 1.165) is 0 Å². The molecule has 0 saturated carbocycles. The summed E-state index contributed by atoms with van der Waals surface area (Å²) in [6.07, 6.45) is 6.28. The van der Waals surface area contributed by atoms with E-state index in [4.69, 9.17) is 0 Å². The highest BCUT2D eigenvalue weighted by Gasteiger charge is 2.39. The second kappa shape index (κ2) is 4.26. The molecular formula is C13H24N2. The fourth-order valence-electron chi connectivity index (χ4n) is 3.34. The predicted molar refractivity (Wildman–Crippen MR) is 65.0 cm³/mol. The van der Waals surface area contributed by atoms with Crippen LogP contribution in [-0.4, -0.2) is 50.1 Å². The van der Waals surface area contributed by atoms with Crippen molar-refractivity contribution in [3.05, 3.63) is 12.7 Å². The quantitative estimate of drug-likeness (QED) is 0.607. The average molecular weight is 208 g/mol. The Bertz CT molecular complexity index is 229. The molecule has 1 unspecified atom stereocenters. The Morgan fingerprint density at radius 2 is 1.87 bits per heavy atom. The van der Waals surface area contributed by atoms with Gasteiger partial charge in [-0.05, 0) is 57.8 Å². The summed E-state index contributed by atoms with van der Waals surface area (Å²) in [6.45, 7) is 9.03. The maximum Gasteiger partial charge on any atom is 0.00416 e. The smallest absolute Gasteiger partial charge is 0.00416 e. The van der Waals surface area contributed by atoms with Gasteiger partial charge >= 0.3 is 0 Å². The lowest BCUT2D eigenvalue weighted by Crippen LogP contribution is -2.50. The zero-order chi connectivity index (χ0) is 10.9. The Morgan fingerprint density at radius 3 is 2.47 bits per heavy atom. The normalized spacial score (nSPS) is 33.1. The summed E-state index contributed by atoms with van der Waals surface area (Å²) in [4.78, 5) is 4.96. The molecule has 2 saturated heterocycles. The van der Waals surface area contributed by atoms with Crippen LogP contribution in [-0.2, 0) is 0 Å². The molecule has 0 aromatic carbocycles. The lowest BCUT2D eigenvalue weighted by atomic mass is 9.69. The topological polar surface area (TPSA) is 6.48 Å². The molecule has 0 radical (unpaired) electrons. The molecule has 86 valence electrons. The number of nitrogens with zero attached hydrogens (tertiary/aromatic N) is 2. The molecule has 2 aliphatic rings. The maximum absolute atomic E-state index is 3.97. The SMILES string of the molecule is C=CC1CN(C)CC2(CCN(C)CC2)C1. The molecule has 15 heavy (non-hydrogen) atoms. The van der Waals surface area contributed by atoms with Gasteiger partial charge < -0.3 is 9.80 Å². The largest absolute Gasteiger partial charge is 0.306 e. The summed E-state index contributed by atoms with van der Waals surface area (Å²) in [5.41, 5.74) is 0.596. The van der Waals surface area contributed by atoms with Gasteiger partial charge in [-0.1, -0.05) is 6.08 Å². The molecule has 2 rings (SSSR count).